The summed E-state index contributed by atoms with van der Waals surface area (Å²) < 4.78 is 0. The molecular formula is C18H29N3O4. The summed E-state index contributed by atoms with van der Waals surface area (Å²) in [6, 6.07) is 0. The van der Waals surface area contributed by atoms with Crippen LogP contribution >= 0.6 is 0 Å². The summed E-state index contributed by atoms with van der Waals surface area (Å²) in [6.07, 6.45) is 7.10. The number of rotatable bonds is 7. The van der Waals surface area contributed by atoms with E-state index in [0.717, 1.165) is 45.2 Å². The van der Waals surface area contributed by atoms with Crippen LogP contribution in [0.1, 0.15) is 44.9 Å². The quantitative estimate of drug-likeness (QED) is 0.633. The van der Waals surface area contributed by atoms with Crippen molar-refractivity contribution in [1.29, 1.82) is 0 Å². The molecule has 7 nitrogen and oxygen atoms in total. The Morgan fingerprint density at radius 3 is 2.72 bits per heavy atom. The highest BCUT2D eigenvalue weighted by Gasteiger charge is 2.22. The van der Waals surface area contributed by atoms with Crippen molar-refractivity contribution in [1.82, 2.24) is 15.5 Å². The van der Waals surface area contributed by atoms with Gasteiger partial charge in [-0.1, -0.05) is 6.08 Å². The average molecular weight is 351 g/mol. The van der Waals surface area contributed by atoms with Crippen molar-refractivity contribution in [3.8, 4) is 0 Å². The lowest BCUT2D eigenvalue weighted by Crippen LogP contribution is -2.37. The van der Waals surface area contributed by atoms with Gasteiger partial charge >= 0.3 is 5.97 Å². The zero-order valence-corrected chi connectivity index (χ0v) is 14.8. The number of nitrogens with one attached hydrogen (secondary N) is 2. The highest BCUT2D eigenvalue weighted by atomic mass is 16.4. The summed E-state index contributed by atoms with van der Waals surface area (Å²) in [4.78, 5) is 37.0. The van der Waals surface area contributed by atoms with E-state index in [1.54, 1.807) is 4.90 Å². The van der Waals surface area contributed by atoms with E-state index in [-0.39, 0.29) is 24.8 Å². The van der Waals surface area contributed by atoms with Crippen LogP contribution in [0.25, 0.3) is 0 Å². The number of amides is 2. The van der Waals surface area contributed by atoms with Gasteiger partial charge in [-0.3, -0.25) is 14.4 Å². The molecule has 0 aromatic rings. The Kier molecular flexibility index (Phi) is 7.91. The van der Waals surface area contributed by atoms with Crippen LogP contribution in [0.3, 0.4) is 0 Å². The fourth-order valence-corrected chi connectivity index (χ4v) is 3.34. The van der Waals surface area contributed by atoms with Crippen LogP contribution in [-0.2, 0) is 14.4 Å². The highest BCUT2D eigenvalue weighted by Crippen LogP contribution is 2.19. The van der Waals surface area contributed by atoms with Crippen molar-refractivity contribution < 1.29 is 19.5 Å². The predicted octanol–water partition coefficient (Wildman–Crippen LogP) is 0.906. The smallest absolute Gasteiger partial charge is 0.305 e. The molecule has 0 bridgehead atoms. The van der Waals surface area contributed by atoms with E-state index in [1.165, 1.54) is 0 Å². The maximum atomic E-state index is 12.5. The minimum absolute atomic E-state index is 0.0993. The Balaban J connectivity index is 1.80. The van der Waals surface area contributed by atoms with Crippen LogP contribution in [0.4, 0.5) is 0 Å². The Bertz CT molecular complexity index is 512. The summed E-state index contributed by atoms with van der Waals surface area (Å²) >= 11 is 0. The minimum atomic E-state index is -0.940. The zero-order valence-electron chi connectivity index (χ0n) is 14.8. The van der Waals surface area contributed by atoms with Gasteiger partial charge in [0.1, 0.15) is 0 Å². The van der Waals surface area contributed by atoms with Gasteiger partial charge < -0.3 is 20.6 Å². The van der Waals surface area contributed by atoms with Crippen molar-refractivity contribution in [2.45, 2.75) is 44.9 Å². The maximum Gasteiger partial charge on any atom is 0.305 e. The number of piperidine rings is 1. The van der Waals surface area contributed by atoms with Crippen LogP contribution in [0.5, 0.6) is 0 Å². The molecule has 0 aliphatic carbocycles. The van der Waals surface area contributed by atoms with Crippen molar-refractivity contribution in [2.75, 3.05) is 32.7 Å². The second-order valence-electron chi connectivity index (χ2n) is 6.82. The van der Waals surface area contributed by atoms with E-state index in [1.807, 2.05) is 6.08 Å². The predicted molar refractivity (Wildman–Crippen MR) is 94.0 cm³/mol. The van der Waals surface area contributed by atoms with Gasteiger partial charge in [-0.15, -0.1) is 0 Å². The Labute approximate surface area is 148 Å². The van der Waals surface area contributed by atoms with Crippen LogP contribution in [0.2, 0.25) is 0 Å². The zero-order chi connectivity index (χ0) is 18.1. The Hall–Kier alpha value is -1.89. The van der Waals surface area contributed by atoms with Crippen LogP contribution in [-0.4, -0.2) is 60.5 Å². The standard InChI is InChI=1S/C18H29N3O4/c22-16(5-4-14-6-9-19-10-7-14)21-12-2-1-3-15(13-21)18(25)20-11-8-17(23)24/h3,14,19H,1-2,4-13H2,(H,20,25)(H,23,24). The molecule has 0 atom stereocenters. The molecule has 0 spiro atoms. The first kappa shape index (κ1) is 19.4. The molecule has 0 aromatic carbocycles. The number of carbonyl (C=O) groups excluding carboxylic acids is 2. The molecule has 3 N–H and O–H groups in total. The van der Waals surface area contributed by atoms with Crippen molar-refractivity contribution in [2.24, 2.45) is 5.92 Å². The van der Waals surface area contributed by atoms with E-state index in [4.69, 9.17) is 5.11 Å². The lowest BCUT2D eigenvalue weighted by Gasteiger charge is -2.25. The van der Waals surface area contributed by atoms with Gasteiger partial charge in [-0.2, -0.15) is 0 Å². The fraction of sp³-hybridized carbons (Fsp3) is 0.722. The van der Waals surface area contributed by atoms with Crippen LogP contribution in [0.15, 0.2) is 11.6 Å². The van der Waals surface area contributed by atoms with Crippen molar-refractivity contribution in [3.63, 3.8) is 0 Å². The number of nitrogens with zero attached hydrogens (tertiary/aromatic N) is 1. The first-order valence-corrected chi connectivity index (χ1v) is 9.24. The molecule has 1 saturated heterocycles. The summed E-state index contributed by atoms with van der Waals surface area (Å²) in [7, 11) is 0. The average Bonchev–Trinajstić information content (AvgIpc) is 2.86. The van der Waals surface area contributed by atoms with Gasteiger partial charge in [0.2, 0.25) is 11.8 Å². The summed E-state index contributed by atoms with van der Waals surface area (Å²) in [6.45, 7) is 3.17. The topological polar surface area (TPSA) is 98.7 Å². The molecule has 25 heavy (non-hydrogen) atoms. The minimum Gasteiger partial charge on any atom is -0.481 e. The third-order valence-electron chi connectivity index (χ3n) is 4.88. The van der Waals surface area contributed by atoms with Gasteiger partial charge in [-0.25, -0.2) is 0 Å². The van der Waals surface area contributed by atoms with E-state index in [9.17, 15) is 14.4 Å². The molecule has 2 rings (SSSR count). The maximum absolute atomic E-state index is 12.5. The molecule has 1 fully saturated rings. The van der Waals surface area contributed by atoms with Gasteiger partial charge in [0.25, 0.3) is 0 Å². The molecule has 140 valence electrons. The lowest BCUT2D eigenvalue weighted by atomic mass is 9.93. The van der Waals surface area contributed by atoms with Gasteiger partial charge in [-0.05, 0) is 51.1 Å². The van der Waals surface area contributed by atoms with Gasteiger partial charge in [0, 0.05) is 25.1 Å². The first-order valence-electron chi connectivity index (χ1n) is 9.24. The van der Waals surface area contributed by atoms with Crippen molar-refractivity contribution in [3.05, 3.63) is 11.6 Å². The second-order valence-corrected chi connectivity index (χ2v) is 6.82. The molecule has 0 saturated carbocycles. The van der Waals surface area contributed by atoms with Crippen LogP contribution in [0, 0.1) is 5.92 Å². The van der Waals surface area contributed by atoms with Crippen LogP contribution < -0.4 is 10.6 Å². The third-order valence-corrected chi connectivity index (χ3v) is 4.88. The number of carboxylic acid groups (broad SMARTS) is 1. The number of hydrogen-bond acceptors (Lipinski definition) is 4. The van der Waals surface area contributed by atoms with E-state index < -0.39 is 5.97 Å². The van der Waals surface area contributed by atoms with Gasteiger partial charge in [0.15, 0.2) is 0 Å². The molecule has 2 amide bonds. The SMILES string of the molecule is O=C(O)CCNC(=O)C1=CCCCN(C(=O)CCC2CCNCC2)C1. The highest BCUT2D eigenvalue weighted by molar-refractivity contribution is 5.94. The molecule has 7 heteroatoms. The fourth-order valence-electron chi connectivity index (χ4n) is 3.34. The molecule has 2 heterocycles. The molecule has 0 unspecified atom stereocenters. The van der Waals surface area contributed by atoms with Gasteiger partial charge in [0.05, 0.1) is 13.0 Å². The number of allylic oxidation sites excluding steroid dienone is 1. The summed E-state index contributed by atoms with van der Waals surface area (Å²) in [5, 5.41) is 14.6. The number of carbonyl (C=O) groups is 3. The molecule has 2 aliphatic rings. The molecule has 0 aromatic heterocycles. The molecule has 2 aliphatic heterocycles. The summed E-state index contributed by atoms with van der Waals surface area (Å²) in [5.74, 6) is -0.472. The number of carboxylic acids is 1. The molecule has 0 radical (unpaired) electrons. The largest absolute Gasteiger partial charge is 0.481 e. The Morgan fingerprint density at radius 2 is 2.00 bits per heavy atom. The monoisotopic (exact) mass is 351 g/mol. The summed E-state index contributed by atoms with van der Waals surface area (Å²) in [5.41, 5.74) is 0.568. The number of aliphatic carboxylic acids is 1. The lowest BCUT2D eigenvalue weighted by molar-refractivity contribution is -0.137. The van der Waals surface area contributed by atoms with E-state index in [0.29, 0.717) is 31.0 Å². The third kappa shape index (κ3) is 6.86. The normalized spacial score (nSPS) is 19.0. The molecular weight excluding hydrogens is 322 g/mol. The number of hydrogen-bond donors (Lipinski definition) is 3. The van der Waals surface area contributed by atoms with E-state index in [2.05, 4.69) is 10.6 Å². The van der Waals surface area contributed by atoms with Crippen molar-refractivity contribution >= 4 is 17.8 Å². The first-order chi connectivity index (χ1) is 12.1. The second kappa shape index (κ2) is 10.2. The Morgan fingerprint density at radius 1 is 1.24 bits per heavy atom. The van der Waals surface area contributed by atoms with E-state index >= 15 is 0 Å².